The number of carbonyl (C=O) groups excluding carboxylic acids is 1. The first kappa shape index (κ1) is 19.3. The number of hydrogen-bond acceptors (Lipinski definition) is 3. The third kappa shape index (κ3) is 3.43. The van der Waals surface area contributed by atoms with E-state index in [0.717, 1.165) is 10.7 Å². The Kier molecular flexibility index (Phi) is 4.51. The number of aromatic amines is 1. The molecule has 3 aromatic heterocycles. The summed E-state index contributed by atoms with van der Waals surface area (Å²) < 4.78 is 41.0. The largest absolute Gasteiger partial charge is 0.435 e. The highest BCUT2D eigenvalue weighted by Gasteiger charge is 2.36. The zero-order chi connectivity index (χ0) is 20.9. The van der Waals surface area contributed by atoms with Crippen molar-refractivity contribution in [1.82, 2.24) is 19.7 Å². The van der Waals surface area contributed by atoms with Crippen LogP contribution < -0.4 is 5.73 Å². The molecule has 0 unspecified atom stereocenters. The number of carbonyl (C=O) groups is 1. The Morgan fingerprint density at radius 1 is 1.17 bits per heavy atom. The van der Waals surface area contributed by atoms with Gasteiger partial charge in [0, 0.05) is 16.6 Å². The Bertz CT molecular complexity index is 1260. The molecular formula is C18H10Cl2F3N5O. The van der Waals surface area contributed by atoms with Gasteiger partial charge in [-0.25, -0.2) is 9.67 Å². The van der Waals surface area contributed by atoms with Crippen molar-refractivity contribution in [1.29, 1.82) is 0 Å². The van der Waals surface area contributed by atoms with Crippen molar-refractivity contribution >= 4 is 40.0 Å². The van der Waals surface area contributed by atoms with E-state index in [1.807, 2.05) is 0 Å². The first-order valence-corrected chi connectivity index (χ1v) is 8.81. The highest BCUT2D eigenvalue weighted by Crippen LogP contribution is 2.35. The molecule has 0 aliphatic carbocycles. The number of alkyl halides is 3. The normalized spacial score (nSPS) is 11.9. The number of aromatic nitrogens is 4. The molecule has 3 heterocycles. The zero-order valence-electron chi connectivity index (χ0n) is 14.3. The van der Waals surface area contributed by atoms with Crippen molar-refractivity contribution in [2.45, 2.75) is 6.18 Å². The maximum Gasteiger partial charge on any atom is 0.435 e. The number of nitrogens with one attached hydrogen (secondary N) is 1. The van der Waals surface area contributed by atoms with E-state index in [1.54, 1.807) is 12.1 Å². The molecule has 0 aliphatic rings. The van der Waals surface area contributed by atoms with E-state index < -0.39 is 17.8 Å². The summed E-state index contributed by atoms with van der Waals surface area (Å²) >= 11 is 12.1. The summed E-state index contributed by atoms with van der Waals surface area (Å²) in [7, 11) is 0. The fourth-order valence-electron chi connectivity index (χ4n) is 2.95. The Hall–Kier alpha value is -3.04. The van der Waals surface area contributed by atoms with Crippen LogP contribution >= 0.6 is 23.2 Å². The monoisotopic (exact) mass is 439 g/mol. The Labute approximate surface area is 171 Å². The van der Waals surface area contributed by atoms with Gasteiger partial charge in [-0.2, -0.15) is 18.3 Å². The summed E-state index contributed by atoms with van der Waals surface area (Å²) in [6.45, 7) is 0. The lowest BCUT2D eigenvalue weighted by atomic mass is 10.1. The number of benzene rings is 1. The fourth-order valence-corrected chi connectivity index (χ4v) is 3.37. The minimum absolute atomic E-state index is 0.0199. The van der Waals surface area contributed by atoms with Crippen molar-refractivity contribution in [3.63, 3.8) is 0 Å². The average Bonchev–Trinajstić information content (AvgIpc) is 3.24. The summed E-state index contributed by atoms with van der Waals surface area (Å²) in [6, 6.07) is 8.37. The summed E-state index contributed by atoms with van der Waals surface area (Å²) in [5.74, 6) is -0.713. The number of pyridine rings is 1. The maximum atomic E-state index is 13.3. The molecule has 1 amide bonds. The highest BCUT2D eigenvalue weighted by atomic mass is 35.5. The van der Waals surface area contributed by atoms with Crippen LogP contribution in [0.15, 0.2) is 42.6 Å². The number of nitrogens with zero attached hydrogens (tertiary/aromatic N) is 3. The predicted octanol–water partition coefficient (Wildman–Crippen LogP) is 4.84. The van der Waals surface area contributed by atoms with Gasteiger partial charge in [0.2, 0.25) is 0 Å². The molecule has 0 bridgehead atoms. The molecule has 0 atom stereocenters. The lowest BCUT2D eigenvalue weighted by molar-refractivity contribution is -0.141. The topological polar surface area (TPSA) is 89.6 Å². The number of rotatable bonds is 3. The molecular weight excluding hydrogens is 430 g/mol. The molecule has 0 spiro atoms. The van der Waals surface area contributed by atoms with Crippen LogP contribution in [0.4, 0.5) is 13.2 Å². The smallest absolute Gasteiger partial charge is 0.366 e. The molecule has 6 nitrogen and oxygen atoms in total. The quantitative estimate of drug-likeness (QED) is 0.478. The van der Waals surface area contributed by atoms with Gasteiger partial charge >= 0.3 is 6.18 Å². The molecule has 4 rings (SSSR count). The number of fused-ring (bicyclic) bond motifs is 1. The van der Waals surface area contributed by atoms with Gasteiger partial charge in [0.25, 0.3) is 5.91 Å². The maximum absolute atomic E-state index is 13.3. The van der Waals surface area contributed by atoms with Crippen LogP contribution in [-0.2, 0) is 6.18 Å². The van der Waals surface area contributed by atoms with E-state index in [9.17, 15) is 18.0 Å². The van der Waals surface area contributed by atoms with Gasteiger partial charge in [-0.1, -0.05) is 23.2 Å². The van der Waals surface area contributed by atoms with Crippen LogP contribution in [0.5, 0.6) is 0 Å². The molecule has 0 radical (unpaired) electrons. The number of H-pyrrole nitrogens is 1. The Balaban J connectivity index is 2.00. The third-order valence-electron chi connectivity index (χ3n) is 4.17. The fraction of sp³-hybridized carbons (Fsp3) is 0.0556. The van der Waals surface area contributed by atoms with E-state index in [1.165, 1.54) is 24.4 Å². The van der Waals surface area contributed by atoms with Crippen LogP contribution in [0, 0.1) is 0 Å². The Morgan fingerprint density at radius 2 is 1.93 bits per heavy atom. The van der Waals surface area contributed by atoms with Gasteiger partial charge in [0.05, 0.1) is 27.5 Å². The van der Waals surface area contributed by atoms with Gasteiger partial charge in [0.1, 0.15) is 0 Å². The zero-order valence-corrected chi connectivity index (χ0v) is 15.8. The lowest BCUT2D eigenvalue weighted by Gasteiger charge is -2.07. The molecule has 29 heavy (non-hydrogen) atoms. The van der Waals surface area contributed by atoms with Crippen LogP contribution in [0.2, 0.25) is 10.0 Å². The van der Waals surface area contributed by atoms with Gasteiger partial charge in [0.15, 0.2) is 11.5 Å². The van der Waals surface area contributed by atoms with Crippen LogP contribution in [0.1, 0.15) is 16.1 Å². The van der Waals surface area contributed by atoms with Crippen LogP contribution in [0.25, 0.3) is 28.1 Å². The first-order valence-electron chi connectivity index (χ1n) is 8.06. The van der Waals surface area contributed by atoms with E-state index >= 15 is 0 Å². The number of primary amides is 1. The second-order valence-electron chi connectivity index (χ2n) is 6.10. The minimum atomic E-state index is -4.69. The van der Waals surface area contributed by atoms with Crippen LogP contribution in [-0.4, -0.2) is 25.7 Å². The van der Waals surface area contributed by atoms with Gasteiger partial charge in [-0.3, -0.25) is 4.79 Å². The van der Waals surface area contributed by atoms with E-state index in [-0.39, 0.29) is 32.8 Å². The number of hydrogen-bond donors (Lipinski definition) is 2. The number of nitrogens with two attached hydrogens (primary N) is 1. The summed E-state index contributed by atoms with van der Waals surface area (Å²) in [4.78, 5) is 18.7. The van der Waals surface area contributed by atoms with E-state index in [0.29, 0.717) is 10.9 Å². The molecule has 11 heteroatoms. The Morgan fingerprint density at radius 3 is 2.59 bits per heavy atom. The third-order valence-corrected chi connectivity index (χ3v) is 4.69. The number of halogens is 5. The summed E-state index contributed by atoms with van der Waals surface area (Å²) in [6.07, 6.45) is -3.30. The summed E-state index contributed by atoms with van der Waals surface area (Å²) in [5.41, 5.74) is 5.00. The molecule has 3 N–H and O–H groups in total. The van der Waals surface area contributed by atoms with E-state index in [4.69, 9.17) is 28.9 Å². The van der Waals surface area contributed by atoms with E-state index in [2.05, 4.69) is 15.1 Å². The SMILES string of the molecule is NC(=O)c1cc(Cl)cc2cc(-c3cc(C(F)(F)F)nn3-c3ncccc3Cl)[nH]c12. The van der Waals surface area contributed by atoms with Crippen molar-refractivity contribution in [2.24, 2.45) is 5.73 Å². The molecule has 4 aromatic rings. The van der Waals surface area contributed by atoms with Gasteiger partial charge < -0.3 is 10.7 Å². The van der Waals surface area contributed by atoms with Crippen molar-refractivity contribution in [2.75, 3.05) is 0 Å². The van der Waals surface area contributed by atoms with Crippen molar-refractivity contribution in [3.8, 4) is 17.2 Å². The molecule has 148 valence electrons. The average molecular weight is 440 g/mol. The lowest BCUT2D eigenvalue weighted by Crippen LogP contribution is -2.11. The predicted molar refractivity (Wildman–Crippen MR) is 102 cm³/mol. The van der Waals surface area contributed by atoms with Gasteiger partial charge in [-0.15, -0.1) is 0 Å². The molecule has 0 aliphatic heterocycles. The van der Waals surface area contributed by atoms with Crippen molar-refractivity contribution < 1.29 is 18.0 Å². The molecule has 0 fully saturated rings. The van der Waals surface area contributed by atoms with Crippen LogP contribution in [0.3, 0.4) is 0 Å². The standard InChI is InChI=1S/C18H10Cl2F3N5O/c19-9-4-8-5-12(26-15(8)10(6-9)16(24)29)13-7-14(18(21,22)23)27-28(13)17-11(20)2-1-3-25-17/h1-7,26H,(H2,24,29). The first-order chi connectivity index (χ1) is 13.6. The second-order valence-corrected chi connectivity index (χ2v) is 6.94. The molecule has 0 saturated carbocycles. The number of amides is 1. The molecule has 1 aromatic carbocycles. The second kappa shape index (κ2) is 6.78. The highest BCUT2D eigenvalue weighted by molar-refractivity contribution is 6.32. The van der Waals surface area contributed by atoms with Crippen molar-refractivity contribution in [3.05, 3.63) is 63.9 Å². The molecule has 0 saturated heterocycles. The minimum Gasteiger partial charge on any atom is -0.366 e. The van der Waals surface area contributed by atoms with Gasteiger partial charge in [-0.05, 0) is 36.4 Å². The summed E-state index contributed by atoms with van der Waals surface area (Å²) in [5, 5.41) is 4.51.